The number of hydrogen-bond donors (Lipinski definition) is 0. The zero-order chi connectivity index (χ0) is 59.2. The number of rotatable bonds is 67. The van der Waals surface area contributed by atoms with Crippen LogP contribution in [0.2, 0.25) is 0 Å². The Morgan fingerprint density at radius 1 is 0.256 bits per heavy atom. The number of esters is 3. The molecule has 0 aromatic heterocycles. The SMILES string of the molecule is CC/C=C\C/C=C\C/C=C\C/C=C\C/C=C\CCCCCCCCCCCCCCCCCC(=O)OCC(COC(=O)CCCCCCCCCCCCCC)OC(=O)CCCCCCCCCCCCCCCCCCCCCCC. The Labute approximate surface area is 510 Å². The maximum atomic E-state index is 13.0. The molecule has 82 heavy (non-hydrogen) atoms. The van der Waals surface area contributed by atoms with Gasteiger partial charge in [0.25, 0.3) is 0 Å². The van der Waals surface area contributed by atoms with Crippen LogP contribution in [0.4, 0.5) is 0 Å². The van der Waals surface area contributed by atoms with E-state index < -0.39 is 6.10 Å². The number of allylic oxidation sites excluding steroid dienone is 10. The van der Waals surface area contributed by atoms with Gasteiger partial charge in [0.15, 0.2) is 6.10 Å². The first-order chi connectivity index (χ1) is 40.5. The highest BCUT2D eigenvalue weighted by molar-refractivity contribution is 5.71. The first kappa shape index (κ1) is 79.1. The number of unbranched alkanes of at least 4 members (excludes halogenated alkanes) is 46. The number of carbonyl (C=O) groups is 3. The van der Waals surface area contributed by atoms with Gasteiger partial charge in [0.05, 0.1) is 0 Å². The molecule has 0 saturated heterocycles. The molecule has 0 fully saturated rings. The smallest absolute Gasteiger partial charge is 0.306 e. The van der Waals surface area contributed by atoms with E-state index >= 15 is 0 Å². The second-order valence-corrected chi connectivity index (χ2v) is 24.5. The fourth-order valence-electron chi connectivity index (χ4n) is 10.9. The summed E-state index contributed by atoms with van der Waals surface area (Å²) in [5, 5.41) is 0. The van der Waals surface area contributed by atoms with Gasteiger partial charge in [-0.05, 0) is 64.2 Å². The van der Waals surface area contributed by atoms with Gasteiger partial charge in [0, 0.05) is 19.3 Å². The Bertz CT molecular complexity index is 1460. The van der Waals surface area contributed by atoms with Crippen molar-refractivity contribution in [3.05, 3.63) is 60.8 Å². The molecule has 6 heteroatoms. The molecule has 6 nitrogen and oxygen atoms in total. The second kappa shape index (κ2) is 70.6. The van der Waals surface area contributed by atoms with Crippen LogP contribution in [-0.2, 0) is 28.6 Å². The lowest BCUT2D eigenvalue weighted by Crippen LogP contribution is -2.30. The summed E-state index contributed by atoms with van der Waals surface area (Å²) in [6.07, 6.45) is 91.2. The van der Waals surface area contributed by atoms with E-state index in [-0.39, 0.29) is 31.1 Å². The third-order valence-corrected chi connectivity index (χ3v) is 16.3. The molecule has 1 atom stereocenters. The molecule has 0 heterocycles. The van der Waals surface area contributed by atoms with E-state index in [4.69, 9.17) is 14.2 Å². The molecule has 0 N–H and O–H groups in total. The summed E-state index contributed by atoms with van der Waals surface area (Å²) in [6, 6.07) is 0. The van der Waals surface area contributed by atoms with Crippen molar-refractivity contribution >= 4 is 17.9 Å². The van der Waals surface area contributed by atoms with Crippen LogP contribution in [0.15, 0.2) is 60.8 Å². The Morgan fingerprint density at radius 2 is 0.476 bits per heavy atom. The van der Waals surface area contributed by atoms with Crippen molar-refractivity contribution in [3.63, 3.8) is 0 Å². The molecule has 0 aromatic rings. The molecular formula is C76H138O6. The van der Waals surface area contributed by atoms with E-state index in [9.17, 15) is 14.4 Å². The van der Waals surface area contributed by atoms with Crippen LogP contribution in [-0.4, -0.2) is 37.2 Å². The van der Waals surface area contributed by atoms with E-state index in [2.05, 4.69) is 81.5 Å². The molecule has 478 valence electrons. The van der Waals surface area contributed by atoms with Crippen molar-refractivity contribution in [2.24, 2.45) is 0 Å². The highest BCUT2D eigenvalue weighted by Crippen LogP contribution is 2.19. The van der Waals surface area contributed by atoms with E-state index in [1.807, 2.05) is 0 Å². The number of ether oxygens (including phenoxy) is 3. The van der Waals surface area contributed by atoms with Crippen LogP contribution in [0.5, 0.6) is 0 Å². The average molecular weight is 1150 g/mol. The molecule has 0 aliphatic carbocycles. The monoisotopic (exact) mass is 1150 g/mol. The molecular weight excluding hydrogens is 1010 g/mol. The summed E-state index contributed by atoms with van der Waals surface area (Å²) in [4.78, 5) is 38.4. The Hall–Kier alpha value is -2.89. The molecule has 0 rings (SSSR count). The summed E-state index contributed by atoms with van der Waals surface area (Å²) >= 11 is 0. The standard InChI is InChI=1S/C76H138O6/c1-4-7-10-13-16-19-22-25-27-29-31-33-34-35-36-37-38-39-40-41-42-44-45-47-49-51-54-57-60-63-66-69-75(78)81-72-73(71-80-74(77)68-65-62-59-56-53-24-21-18-15-12-9-6-3)82-76(79)70-67-64-61-58-55-52-50-48-46-43-32-30-28-26-23-20-17-14-11-8-5-2/h7,10,16,19,25,27,31,33,35-36,73H,4-6,8-9,11-15,17-18,20-24,26,28-30,32,34,37-72H2,1-3H3/b10-7-,19-16-,27-25-,33-31-,36-35-. The van der Waals surface area contributed by atoms with Crippen LogP contribution in [0, 0.1) is 0 Å². The maximum Gasteiger partial charge on any atom is 0.306 e. The number of hydrogen-bond acceptors (Lipinski definition) is 6. The van der Waals surface area contributed by atoms with E-state index in [1.54, 1.807) is 0 Å². The second-order valence-electron chi connectivity index (χ2n) is 24.5. The molecule has 0 saturated carbocycles. The minimum absolute atomic E-state index is 0.0666. The van der Waals surface area contributed by atoms with Gasteiger partial charge in [-0.3, -0.25) is 14.4 Å². The van der Waals surface area contributed by atoms with Crippen molar-refractivity contribution < 1.29 is 28.6 Å². The van der Waals surface area contributed by atoms with Crippen LogP contribution in [0.1, 0.15) is 387 Å². The molecule has 0 aliphatic rings. The summed E-state index contributed by atoms with van der Waals surface area (Å²) in [5.41, 5.74) is 0. The van der Waals surface area contributed by atoms with Crippen LogP contribution in [0.25, 0.3) is 0 Å². The quantitative estimate of drug-likeness (QED) is 0.0261. The first-order valence-corrected chi connectivity index (χ1v) is 36.3. The van der Waals surface area contributed by atoms with Gasteiger partial charge < -0.3 is 14.2 Å². The molecule has 0 aromatic carbocycles. The summed E-state index contributed by atoms with van der Waals surface area (Å²) < 4.78 is 17.0. The Kier molecular flexibility index (Phi) is 68.1. The lowest BCUT2D eigenvalue weighted by molar-refractivity contribution is -0.167. The van der Waals surface area contributed by atoms with Crippen molar-refractivity contribution in [1.29, 1.82) is 0 Å². The molecule has 0 amide bonds. The van der Waals surface area contributed by atoms with Gasteiger partial charge in [-0.2, -0.15) is 0 Å². The third-order valence-electron chi connectivity index (χ3n) is 16.3. The summed E-state index contributed by atoms with van der Waals surface area (Å²) in [6.45, 7) is 6.59. The predicted octanol–water partition coefficient (Wildman–Crippen LogP) is 25.1. The lowest BCUT2D eigenvalue weighted by atomic mass is 10.0. The van der Waals surface area contributed by atoms with Crippen LogP contribution < -0.4 is 0 Å². The molecule has 0 bridgehead atoms. The van der Waals surface area contributed by atoms with Crippen LogP contribution >= 0.6 is 0 Å². The first-order valence-electron chi connectivity index (χ1n) is 36.3. The normalized spacial score (nSPS) is 12.4. The van der Waals surface area contributed by atoms with Gasteiger partial charge in [-0.25, -0.2) is 0 Å². The predicted molar refractivity (Wildman–Crippen MR) is 358 cm³/mol. The highest BCUT2D eigenvalue weighted by atomic mass is 16.6. The Balaban J connectivity index is 4.17. The fraction of sp³-hybridized carbons (Fsp3) is 0.829. The van der Waals surface area contributed by atoms with Gasteiger partial charge in [-0.15, -0.1) is 0 Å². The molecule has 0 spiro atoms. The highest BCUT2D eigenvalue weighted by Gasteiger charge is 2.19. The van der Waals surface area contributed by atoms with Gasteiger partial charge in [0.1, 0.15) is 13.2 Å². The maximum absolute atomic E-state index is 13.0. The minimum atomic E-state index is -0.770. The fourth-order valence-corrected chi connectivity index (χ4v) is 10.9. The largest absolute Gasteiger partial charge is 0.462 e. The molecule has 0 aliphatic heterocycles. The van der Waals surface area contributed by atoms with Crippen molar-refractivity contribution in [2.45, 2.75) is 393 Å². The topological polar surface area (TPSA) is 78.9 Å². The molecule has 1 unspecified atom stereocenters. The third kappa shape index (κ3) is 67.9. The van der Waals surface area contributed by atoms with E-state index in [0.717, 1.165) is 89.9 Å². The van der Waals surface area contributed by atoms with Gasteiger partial charge >= 0.3 is 17.9 Å². The van der Waals surface area contributed by atoms with Crippen molar-refractivity contribution in [1.82, 2.24) is 0 Å². The van der Waals surface area contributed by atoms with Crippen LogP contribution in [0.3, 0.4) is 0 Å². The van der Waals surface area contributed by atoms with Crippen molar-refractivity contribution in [3.8, 4) is 0 Å². The van der Waals surface area contributed by atoms with Crippen molar-refractivity contribution in [2.75, 3.05) is 13.2 Å². The van der Waals surface area contributed by atoms with E-state index in [1.165, 1.54) is 257 Å². The number of carbonyl (C=O) groups excluding carboxylic acids is 3. The minimum Gasteiger partial charge on any atom is -0.462 e. The van der Waals surface area contributed by atoms with E-state index in [0.29, 0.717) is 19.3 Å². The van der Waals surface area contributed by atoms with Gasteiger partial charge in [0.2, 0.25) is 0 Å². The van der Waals surface area contributed by atoms with Gasteiger partial charge in [-0.1, -0.05) is 364 Å². The molecule has 0 radical (unpaired) electrons. The summed E-state index contributed by atoms with van der Waals surface area (Å²) in [7, 11) is 0. The zero-order valence-electron chi connectivity index (χ0n) is 55.0. The Morgan fingerprint density at radius 3 is 0.744 bits per heavy atom. The lowest BCUT2D eigenvalue weighted by Gasteiger charge is -2.18. The zero-order valence-corrected chi connectivity index (χ0v) is 55.0. The average Bonchev–Trinajstić information content (AvgIpc) is 3.47. The summed E-state index contributed by atoms with van der Waals surface area (Å²) in [5.74, 6) is -0.838.